The second kappa shape index (κ2) is 23.8. The van der Waals surface area contributed by atoms with E-state index in [1.807, 2.05) is 23.5 Å². The average Bonchev–Trinajstić information content (AvgIpc) is 2.92. The molecule has 0 saturated carbocycles. The molecule has 0 amide bonds. The second-order valence-electron chi connectivity index (χ2n) is 11.1. The molecule has 4 heteroatoms. The van der Waals surface area contributed by atoms with E-state index in [1.165, 1.54) is 150 Å². The first-order valence-corrected chi connectivity index (χ1v) is 18.2. The van der Waals surface area contributed by atoms with E-state index in [-0.39, 0.29) is 0 Å². The number of thiocarbonyl (C=S) groups is 1. The number of unbranched alkanes of at least 4 members (excludes halogenated alkanes) is 12. The minimum absolute atomic E-state index is 1.01. The first-order valence-electron chi connectivity index (χ1n) is 15.8. The van der Waals surface area contributed by atoms with Crippen LogP contribution in [-0.2, 0) is 12.3 Å². The highest BCUT2D eigenvalue weighted by Crippen LogP contribution is 2.25. The Hall–Kier alpha value is -0.0300. The lowest BCUT2D eigenvalue weighted by molar-refractivity contribution is -0.941. The molecule has 0 atom stereocenters. The van der Waals surface area contributed by atoms with Gasteiger partial charge in [-0.25, -0.2) is 0 Å². The summed E-state index contributed by atoms with van der Waals surface area (Å²) in [7, 11) is 0. The largest absolute Gasteiger partial charge is 0.320 e. The third-order valence-corrected chi connectivity index (χ3v) is 10.4. The summed E-state index contributed by atoms with van der Waals surface area (Å²) in [4.78, 5) is 0. The molecule has 0 spiro atoms. The molecule has 0 aliphatic rings. The van der Waals surface area contributed by atoms with Crippen molar-refractivity contribution in [1.82, 2.24) is 0 Å². The highest BCUT2D eigenvalue weighted by atomic mass is 32.2. The molecule has 0 bridgehead atoms. The van der Waals surface area contributed by atoms with Gasteiger partial charge < -0.3 is 4.48 Å². The van der Waals surface area contributed by atoms with Crippen LogP contribution in [0.25, 0.3) is 0 Å². The van der Waals surface area contributed by atoms with Crippen LogP contribution in [0.1, 0.15) is 142 Å². The molecule has 1 aromatic carbocycles. The summed E-state index contributed by atoms with van der Waals surface area (Å²) >= 11 is 9.42. The summed E-state index contributed by atoms with van der Waals surface area (Å²) in [5.41, 5.74) is 2.92. The highest BCUT2D eigenvalue weighted by molar-refractivity contribution is 8.46. The predicted octanol–water partition coefficient (Wildman–Crippen LogP) is 11.6. The third-order valence-electron chi connectivity index (χ3n) is 7.57. The van der Waals surface area contributed by atoms with Gasteiger partial charge in [0.25, 0.3) is 0 Å². The van der Waals surface area contributed by atoms with Crippen molar-refractivity contribution in [3.8, 4) is 0 Å². The van der Waals surface area contributed by atoms with Crippen molar-refractivity contribution in [2.24, 2.45) is 0 Å². The Morgan fingerprint density at radius 3 is 1.49 bits per heavy atom. The van der Waals surface area contributed by atoms with E-state index in [1.54, 1.807) is 0 Å². The van der Waals surface area contributed by atoms with Crippen LogP contribution in [-0.4, -0.2) is 33.4 Å². The van der Waals surface area contributed by atoms with Crippen LogP contribution in [0.4, 0.5) is 0 Å². The SMILES string of the molecule is CCCCCCCCCCCCSC(=S)SCc1ccc(C[N+](CCCC)(CCCC)CCCC)cc1. The van der Waals surface area contributed by atoms with Gasteiger partial charge >= 0.3 is 0 Å². The molecular formula is C33H60NS3+. The van der Waals surface area contributed by atoms with Gasteiger partial charge in [-0.15, -0.1) is 23.5 Å². The Labute approximate surface area is 246 Å². The topological polar surface area (TPSA) is 0 Å². The summed E-state index contributed by atoms with van der Waals surface area (Å²) in [5.74, 6) is 2.19. The van der Waals surface area contributed by atoms with E-state index >= 15 is 0 Å². The molecule has 0 radical (unpaired) electrons. The van der Waals surface area contributed by atoms with Crippen molar-refractivity contribution in [1.29, 1.82) is 0 Å². The van der Waals surface area contributed by atoms with Crippen molar-refractivity contribution in [3.63, 3.8) is 0 Å². The van der Waals surface area contributed by atoms with E-state index in [9.17, 15) is 0 Å². The number of hydrogen-bond acceptors (Lipinski definition) is 3. The van der Waals surface area contributed by atoms with Crippen LogP contribution in [0.15, 0.2) is 24.3 Å². The molecule has 1 aromatic rings. The fourth-order valence-corrected chi connectivity index (χ4v) is 7.29. The summed E-state index contributed by atoms with van der Waals surface area (Å²) < 4.78 is 2.40. The Kier molecular flexibility index (Phi) is 22.5. The van der Waals surface area contributed by atoms with Gasteiger partial charge in [0.15, 0.2) is 0 Å². The predicted molar refractivity (Wildman–Crippen MR) is 178 cm³/mol. The molecular weight excluding hydrogens is 507 g/mol. The first kappa shape index (κ1) is 35.0. The van der Waals surface area contributed by atoms with E-state index in [2.05, 4.69) is 52.0 Å². The molecule has 37 heavy (non-hydrogen) atoms. The Bertz CT molecular complexity index is 636. The van der Waals surface area contributed by atoms with Gasteiger partial charge in [-0.1, -0.05) is 141 Å². The van der Waals surface area contributed by atoms with E-state index in [0.717, 1.165) is 9.28 Å². The van der Waals surface area contributed by atoms with Crippen molar-refractivity contribution in [2.45, 2.75) is 143 Å². The summed E-state index contributed by atoms with van der Waals surface area (Å²) in [6.45, 7) is 14.5. The molecule has 0 unspecified atom stereocenters. The van der Waals surface area contributed by atoms with Gasteiger partial charge in [-0.2, -0.15) is 0 Å². The highest BCUT2D eigenvalue weighted by Gasteiger charge is 2.26. The van der Waals surface area contributed by atoms with Crippen molar-refractivity contribution in [3.05, 3.63) is 35.4 Å². The summed E-state index contributed by atoms with van der Waals surface area (Å²) in [6, 6.07) is 9.50. The number of hydrogen-bond donors (Lipinski definition) is 0. The zero-order chi connectivity index (χ0) is 27.0. The van der Waals surface area contributed by atoms with Crippen LogP contribution in [0.2, 0.25) is 0 Å². The molecule has 0 N–H and O–H groups in total. The van der Waals surface area contributed by atoms with Crippen LogP contribution >= 0.6 is 35.7 Å². The number of thioether (sulfide) groups is 2. The van der Waals surface area contributed by atoms with Crippen LogP contribution in [0.3, 0.4) is 0 Å². The van der Waals surface area contributed by atoms with Gasteiger partial charge in [0, 0.05) is 11.3 Å². The van der Waals surface area contributed by atoms with Gasteiger partial charge in [0.2, 0.25) is 0 Å². The van der Waals surface area contributed by atoms with E-state index < -0.39 is 0 Å². The maximum absolute atomic E-state index is 5.67. The standard InChI is InChI=1S/C33H60NS3/c1-5-9-13-14-15-16-17-18-19-20-28-36-33(35)37-30-32-23-21-31(22-24-32)29-34(25-10-6-2,26-11-7-3)27-12-8-4/h21-24H,5-20,25-30H2,1-4H3/q+1. The van der Waals surface area contributed by atoms with Crippen molar-refractivity contribution in [2.75, 3.05) is 25.4 Å². The summed E-state index contributed by atoms with van der Waals surface area (Å²) in [5, 5.41) is 0. The summed E-state index contributed by atoms with van der Waals surface area (Å²) in [6.07, 6.45) is 21.9. The molecule has 1 rings (SSSR count). The lowest BCUT2D eigenvalue weighted by Crippen LogP contribution is -2.49. The maximum atomic E-state index is 5.67. The van der Waals surface area contributed by atoms with Crippen molar-refractivity contribution < 1.29 is 4.48 Å². The zero-order valence-electron chi connectivity index (χ0n) is 25.0. The third kappa shape index (κ3) is 18.0. The number of benzene rings is 1. The molecule has 0 saturated heterocycles. The van der Waals surface area contributed by atoms with Gasteiger partial charge in [0.1, 0.15) is 10.1 Å². The lowest BCUT2D eigenvalue weighted by Gasteiger charge is -2.39. The minimum Gasteiger partial charge on any atom is -0.320 e. The number of nitrogens with zero attached hydrogens (tertiary/aromatic N) is 1. The monoisotopic (exact) mass is 566 g/mol. The second-order valence-corrected chi connectivity index (χ2v) is 14.4. The fraction of sp³-hybridized carbons (Fsp3) is 0.788. The van der Waals surface area contributed by atoms with Gasteiger partial charge in [-0.05, 0) is 37.0 Å². The smallest absolute Gasteiger partial charge is 0.104 e. The van der Waals surface area contributed by atoms with E-state index in [4.69, 9.17) is 12.2 Å². The van der Waals surface area contributed by atoms with Crippen molar-refractivity contribution >= 4 is 39.3 Å². The lowest BCUT2D eigenvalue weighted by atomic mass is 10.1. The normalized spacial score (nSPS) is 11.8. The Morgan fingerprint density at radius 2 is 1.00 bits per heavy atom. The Balaban J connectivity index is 2.33. The van der Waals surface area contributed by atoms with Crippen LogP contribution in [0, 0.1) is 0 Å². The fourth-order valence-electron chi connectivity index (χ4n) is 5.11. The van der Waals surface area contributed by atoms with Gasteiger partial charge in [-0.3, -0.25) is 0 Å². The molecule has 0 aliphatic heterocycles. The van der Waals surface area contributed by atoms with Crippen LogP contribution in [0.5, 0.6) is 0 Å². The molecule has 0 fully saturated rings. The number of quaternary nitrogens is 1. The zero-order valence-corrected chi connectivity index (χ0v) is 27.5. The maximum Gasteiger partial charge on any atom is 0.104 e. The van der Waals surface area contributed by atoms with Crippen LogP contribution < -0.4 is 0 Å². The number of rotatable bonds is 24. The average molecular weight is 567 g/mol. The first-order chi connectivity index (χ1) is 18.1. The van der Waals surface area contributed by atoms with Gasteiger partial charge in [0.05, 0.1) is 19.6 Å². The molecule has 0 aromatic heterocycles. The quantitative estimate of drug-likeness (QED) is 0.0693. The molecule has 214 valence electrons. The minimum atomic E-state index is 1.01. The molecule has 1 nitrogen and oxygen atoms in total. The Morgan fingerprint density at radius 1 is 0.568 bits per heavy atom. The van der Waals surface area contributed by atoms with E-state index in [0.29, 0.717) is 0 Å². The molecule has 0 aliphatic carbocycles. The molecule has 0 heterocycles.